The molecule has 3 rings (SSSR count). The lowest BCUT2D eigenvalue weighted by molar-refractivity contribution is 0.206. The summed E-state index contributed by atoms with van der Waals surface area (Å²) in [5, 5.41) is 8.76. The molecule has 0 radical (unpaired) electrons. The molecule has 0 saturated carbocycles. The predicted octanol–water partition coefficient (Wildman–Crippen LogP) is 2.76. The molecule has 106 valence electrons. The maximum Gasteiger partial charge on any atom is 0.0738 e. The summed E-state index contributed by atoms with van der Waals surface area (Å²) in [6, 6.07) is 8.64. The van der Waals surface area contributed by atoms with Gasteiger partial charge in [0.2, 0.25) is 0 Å². The average Bonchev–Trinajstić information content (AvgIpc) is 2.86. The van der Waals surface area contributed by atoms with E-state index < -0.39 is 0 Å². The van der Waals surface area contributed by atoms with Crippen molar-refractivity contribution in [2.45, 2.75) is 12.6 Å². The Kier molecular flexibility index (Phi) is 4.29. The molecule has 1 aliphatic rings. The van der Waals surface area contributed by atoms with E-state index in [9.17, 15) is 0 Å². The molecule has 6 heteroatoms. The average molecular weight is 309 g/mol. The summed E-state index contributed by atoms with van der Waals surface area (Å²) in [7, 11) is 1.94. The summed E-state index contributed by atoms with van der Waals surface area (Å²) in [5.41, 5.74) is 2.48. The molecule has 1 saturated heterocycles. The Balaban J connectivity index is 1.80. The minimum Gasteiger partial charge on any atom is -0.289 e. The van der Waals surface area contributed by atoms with E-state index in [1.807, 2.05) is 41.8 Å². The summed E-state index contributed by atoms with van der Waals surface area (Å²) in [5.74, 6) is 2.29. The van der Waals surface area contributed by atoms with Gasteiger partial charge in [0.15, 0.2) is 0 Å². The maximum absolute atomic E-state index is 5.98. The first-order valence-corrected chi connectivity index (χ1v) is 8.18. The predicted molar refractivity (Wildman–Crippen MR) is 82.9 cm³/mol. The second-order valence-electron chi connectivity index (χ2n) is 4.96. The Morgan fingerprint density at radius 1 is 1.35 bits per heavy atom. The number of benzene rings is 1. The van der Waals surface area contributed by atoms with Crippen LogP contribution in [0.3, 0.4) is 0 Å². The molecule has 0 unspecified atom stereocenters. The monoisotopic (exact) mass is 308 g/mol. The number of halogens is 1. The summed E-state index contributed by atoms with van der Waals surface area (Å²) in [6.07, 6.45) is 1.85. The summed E-state index contributed by atoms with van der Waals surface area (Å²) < 4.78 is 1.85. The van der Waals surface area contributed by atoms with Crippen molar-refractivity contribution in [3.8, 4) is 0 Å². The Labute approximate surface area is 128 Å². The van der Waals surface area contributed by atoms with Gasteiger partial charge in [0.1, 0.15) is 0 Å². The van der Waals surface area contributed by atoms with Crippen LogP contribution in [0.4, 0.5) is 0 Å². The van der Waals surface area contributed by atoms with Gasteiger partial charge in [0.25, 0.3) is 0 Å². The highest BCUT2D eigenvalue weighted by Gasteiger charge is 2.25. The van der Waals surface area contributed by atoms with E-state index in [0.29, 0.717) is 6.04 Å². The van der Waals surface area contributed by atoms with Gasteiger partial charge in [-0.1, -0.05) is 28.9 Å². The number of aromatic nitrogens is 3. The highest BCUT2D eigenvalue weighted by Crippen LogP contribution is 2.31. The smallest absolute Gasteiger partial charge is 0.0738 e. The fourth-order valence-electron chi connectivity index (χ4n) is 2.48. The molecule has 0 amide bonds. The SMILES string of the molecule is Cn1nncc1CN1CCSC[C@@H]1c1ccc(Cl)cc1. The van der Waals surface area contributed by atoms with Crippen molar-refractivity contribution in [2.75, 3.05) is 18.1 Å². The highest BCUT2D eigenvalue weighted by atomic mass is 35.5. The molecular formula is C14H17ClN4S. The van der Waals surface area contributed by atoms with E-state index in [-0.39, 0.29) is 0 Å². The fraction of sp³-hybridized carbons (Fsp3) is 0.429. The van der Waals surface area contributed by atoms with Crippen LogP contribution in [0.2, 0.25) is 5.02 Å². The van der Waals surface area contributed by atoms with Crippen molar-refractivity contribution in [2.24, 2.45) is 7.05 Å². The zero-order chi connectivity index (χ0) is 13.9. The van der Waals surface area contributed by atoms with Crippen molar-refractivity contribution in [1.29, 1.82) is 0 Å². The summed E-state index contributed by atoms with van der Waals surface area (Å²) in [6.45, 7) is 1.97. The molecule has 0 bridgehead atoms. The van der Waals surface area contributed by atoms with Crippen LogP contribution < -0.4 is 0 Å². The Bertz CT molecular complexity index is 569. The van der Waals surface area contributed by atoms with Crippen molar-refractivity contribution >= 4 is 23.4 Å². The van der Waals surface area contributed by atoms with E-state index in [2.05, 4.69) is 27.3 Å². The fourth-order valence-corrected chi connectivity index (χ4v) is 3.76. The molecule has 0 spiro atoms. The topological polar surface area (TPSA) is 34.0 Å². The Morgan fingerprint density at radius 3 is 2.85 bits per heavy atom. The second-order valence-corrected chi connectivity index (χ2v) is 6.55. The van der Waals surface area contributed by atoms with E-state index in [4.69, 9.17) is 11.6 Å². The number of hydrogen-bond acceptors (Lipinski definition) is 4. The van der Waals surface area contributed by atoms with Crippen LogP contribution in [0.25, 0.3) is 0 Å². The minimum atomic E-state index is 0.431. The number of hydrogen-bond donors (Lipinski definition) is 0. The first-order chi connectivity index (χ1) is 9.74. The number of nitrogens with zero attached hydrogens (tertiary/aromatic N) is 4. The maximum atomic E-state index is 5.98. The normalized spacial score (nSPS) is 20.2. The standard InChI is InChI=1S/C14H17ClN4S/c1-18-13(8-16-17-18)9-19-6-7-20-10-14(19)11-2-4-12(15)5-3-11/h2-5,8,14H,6-7,9-10H2,1H3/t14-/m1/s1. The molecule has 1 fully saturated rings. The molecule has 1 aromatic heterocycles. The molecule has 0 N–H and O–H groups in total. The van der Waals surface area contributed by atoms with Crippen molar-refractivity contribution < 1.29 is 0 Å². The lowest BCUT2D eigenvalue weighted by Crippen LogP contribution is -2.36. The number of thioether (sulfide) groups is 1. The van der Waals surface area contributed by atoms with Gasteiger partial charge in [-0.15, -0.1) is 5.10 Å². The number of aryl methyl sites for hydroxylation is 1. The first kappa shape index (κ1) is 13.9. The van der Waals surface area contributed by atoms with Crippen LogP contribution in [-0.2, 0) is 13.6 Å². The van der Waals surface area contributed by atoms with Crippen molar-refractivity contribution in [1.82, 2.24) is 19.9 Å². The highest BCUT2D eigenvalue weighted by molar-refractivity contribution is 7.99. The van der Waals surface area contributed by atoms with E-state index in [1.54, 1.807) is 0 Å². The van der Waals surface area contributed by atoms with Crippen molar-refractivity contribution in [3.63, 3.8) is 0 Å². The third-order valence-electron chi connectivity index (χ3n) is 3.67. The molecule has 1 aromatic carbocycles. The third kappa shape index (κ3) is 3.00. The zero-order valence-electron chi connectivity index (χ0n) is 11.4. The minimum absolute atomic E-state index is 0.431. The first-order valence-electron chi connectivity index (χ1n) is 6.65. The lowest BCUT2D eigenvalue weighted by Gasteiger charge is -2.35. The van der Waals surface area contributed by atoms with Crippen molar-refractivity contribution in [3.05, 3.63) is 46.7 Å². The molecule has 1 aliphatic heterocycles. The number of rotatable bonds is 3. The Morgan fingerprint density at radius 2 is 2.15 bits per heavy atom. The van der Waals surface area contributed by atoms with Crippen LogP contribution in [0.1, 0.15) is 17.3 Å². The molecule has 20 heavy (non-hydrogen) atoms. The Hall–Kier alpha value is -1.04. The van der Waals surface area contributed by atoms with Crippen LogP contribution >= 0.6 is 23.4 Å². The molecule has 2 heterocycles. The van der Waals surface area contributed by atoms with Crippen LogP contribution in [0.5, 0.6) is 0 Å². The van der Waals surface area contributed by atoms with Gasteiger partial charge in [-0.05, 0) is 17.7 Å². The molecule has 0 aliphatic carbocycles. The van der Waals surface area contributed by atoms with Gasteiger partial charge in [0.05, 0.1) is 11.9 Å². The third-order valence-corrected chi connectivity index (χ3v) is 4.94. The van der Waals surface area contributed by atoms with Crippen LogP contribution in [0, 0.1) is 0 Å². The van der Waals surface area contributed by atoms with Gasteiger partial charge in [0, 0.05) is 42.7 Å². The van der Waals surface area contributed by atoms with Gasteiger partial charge in [-0.2, -0.15) is 11.8 Å². The van der Waals surface area contributed by atoms with E-state index in [1.165, 1.54) is 11.3 Å². The summed E-state index contributed by atoms with van der Waals surface area (Å²) in [4.78, 5) is 2.50. The quantitative estimate of drug-likeness (QED) is 0.873. The van der Waals surface area contributed by atoms with E-state index >= 15 is 0 Å². The van der Waals surface area contributed by atoms with Crippen LogP contribution in [0.15, 0.2) is 30.5 Å². The van der Waals surface area contributed by atoms with Gasteiger partial charge < -0.3 is 0 Å². The van der Waals surface area contributed by atoms with Gasteiger partial charge in [-0.3, -0.25) is 9.58 Å². The molecular weight excluding hydrogens is 292 g/mol. The molecule has 2 aromatic rings. The second kappa shape index (κ2) is 6.16. The molecule has 1 atom stereocenters. The zero-order valence-corrected chi connectivity index (χ0v) is 12.9. The lowest BCUT2D eigenvalue weighted by atomic mass is 10.1. The summed E-state index contributed by atoms with van der Waals surface area (Å²) >= 11 is 7.99. The van der Waals surface area contributed by atoms with E-state index in [0.717, 1.165) is 29.6 Å². The molecule has 4 nitrogen and oxygen atoms in total. The van der Waals surface area contributed by atoms with Crippen LogP contribution in [-0.4, -0.2) is 37.9 Å². The largest absolute Gasteiger partial charge is 0.289 e. The van der Waals surface area contributed by atoms with Gasteiger partial charge >= 0.3 is 0 Å². The van der Waals surface area contributed by atoms with Gasteiger partial charge in [-0.25, -0.2) is 0 Å².